The van der Waals surface area contributed by atoms with Crippen molar-refractivity contribution >= 4 is 23.8 Å². The van der Waals surface area contributed by atoms with Crippen LogP contribution in [0.5, 0.6) is 5.88 Å². The first-order valence-corrected chi connectivity index (χ1v) is 17.8. The van der Waals surface area contributed by atoms with Crippen LogP contribution < -0.4 is 15.4 Å². The van der Waals surface area contributed by atoms with Crippen LogP contribution in [-0.4, -0.2) is 94.2 Å². The first-order chi connectivity index (χ1) is 25.7. The largest absolute Gasteiger partial charge is 0.464 e. The Morgan fingerprint density at radius 3 is 2.41 bits per heavy atom. The van der Waals surface area contributed by atoms with E-state index in [4.69, 9.17) is 19.9 Å². The van der Waals surface area contributed by atoms with Crippen LogP contribution >= 0.6 is 0 Å². The van der Waals surface area contributed by atoms with Gasteiger partial charge in [0.1, 0.15) is 18.5 Å². The number of hydrogen-bond donors (Lipinski definition) is 1. The summed E-state index contributed by atoms with van der Waals surface area (Å²) in [6.07, 6.45) is -4.72. The highest BCUT2D eigenvalue weighted by atomic mass is 19.4. The average Bonchev–Trinajstić information content (AvgIpc) is 3.73. The number of nitrogens with two attached hydrogens (primary N) is 1. The molecule has 13 nitrogen and oxygen atoms in total. The van der Waals surface area contributed by atoms with E-state index in [9.17, 15) is 22.8 Å². The van der Waals surface area contributed by atoms with Crippen molar-refractivity contribution in [2.75, 3.05) is 51.0 Å². The first kappa shape index (κ1) is 38.3. The number of nitrogen functional groups attached to an aromatic ring is 1. The zero-order valence-corrected chi connectivity index (χ0v) is 30.8. The maximum absolute atomic E-state index is 14.9. The van der Waals surface area contributed by atoms with Crippen LogP contribution in [0.1, 0.15) is 54.7 Å². The van der Waals surface area contributed by atoms with Crippen molar-refractivity contribution in [1.29, 1.82) is 0 Å². The average molecular weight is 751 g/mol. The standard InChI is InChI=1S/C38H45F3N8O5/c1-5-52-34(50)30-21-37(24-48(30)36(51)53-23-26-9-7-6-8-10-26)14-17-47(18-15-37)31-20-32(44-35(42)43-31)54-33(38(39,40)41)28-12-11-27(22-46(3)4)19-29(28)49-16-13-25(2)45-49/h6-13,16,19-20,30,33H,5,14-15,17-18,21-24H2,1-4H3,(H2,42,43,44)/t30-,33+/m0/s1. The van der Waals surface area contributed by atoms with E-state index in [1.807, 2.05) is 54.2 Å². The monoisotopic (exact) mass is 750 g/mol. The number of aryl methyl sites for hydroxylation is 1. The van der Waals surface area contributed by atoms with Gasteiger partial charge in [-0.15, -0.1) is 0 Å². The summed E-state index contributed by atoms with van der Waals surface area (Å²) in [5.41, 5.74) is 7.99. The molecule has 4 heterocycles. The number of rotatable bonds is 11. The van der Waals surface area contributed by atoms with E-state index in [0.29, 0.717) is 50.4 Å². The number of halogens is 3. The lowest BCUT2D eigenvalue weighted by Gasteiger charge is -2.39. The lowest BCUT2D eigenvalue weighted by molar-refractivity contribution is -0.198. The fraction of sp³-hybridized carbons (Fsp3) is 0.447. The minimum Gasteiger partial charge on any atom is -0.464 e. The molecule has 16 heteroatoms. The molecule has 2 N–H and O–H groups in total. The molecule has 0 unspecified atom stereocenters. The van der Waals surface area contributed by atoms with Crippen molar-refractivity contribution in [3.8, 4) is 11.6 Å². The number of nitrogens with zero attached hydrogens (tertiary/aromatic N) is 7. The SMILES string of the molecule is CCOC(=O)[C@@H]1CC2(CCN(c3cc(O[C@H](c4ccc(CN(C)C)cc4-n4ccc(C)n4)C(F)(F)F)nc(N)n3)CC2)CN1C(=O)OCc1ccccc1. The molecule has 2 aromatic heterocycles. The molecule has 0 bridgehead atoms. The van der Waals surface area contributed by atoms with Gasteiger partial charge in [-0.05, 0) is 75.9 Å². The maximum atomic E-state index is 14.9. The van der Waals surface area contributed by atoms with Crippen molar-refractivity contribution < 1.29 is 37.0 Å². The molecule has 2 saturated heterocycles. The van der Waals surface area contributed by atoms with E-state index in [2.05, 4.69) is 15.1 Å². The lowest BCUT2D eigenvalue weighted by atomic mass is 9.76. The zero-order valence-electron chi connectivity index (χ0n) is 30.8. The van der Waals surface area contributed by atoms with E-state index in [1.54, 1.807) is 38.2 Å². The molecule has 0 aliphatic carbocycles. The summed E-state index contributed by atoms with van der Waals surface area (Å²) < 4.78 is 62.6. The second-order valence-electron chi connectivity index (χ2n) is 14.1. The van der Waals surface area contributed by atoms with Crippen molar-refractivity contribution in [3.05, 3.63) is 89.2 Å². The van der Waals surface area contributed by atoms with E-state index in [0.717, 1.165) is 11.1 Å². The third-order valence-corrected chi connectivity index (χ3v) is 9.74. The first-order valence-electron chi connectivity index (χ1n) is 17.8. The minimum atomic E-state index is -4.83. The Morgan fingerprint density at radius 1 is 1.02 bits per heavy atom. The molecule has 288 valence electrons. The van der Waals surface area contributed by atoms with Crippen LogP contribution in [0.15, 0.2) is 66.9 Å². The number of hydrogen-bond acceptors (Lipinski definition) is 11. The van der Waals surface area contributed by atoms with E-state index in [1.165, 1.54) is 21.7 Å². The Kier molecular flexibility index (Phi) is 11.3. The quantitative estimate of drug-likeness (QED) is 0.185. The van der Waals surface area contributed by atoms with Gasteiger partial charge in [0, 0.05) is 44.0 Å². The zero-order chi connectivity index (χ0) is 38.6. The molecule has 54 heavy (non-hydrogen) atoms. The van der Waals surface area contributed by atoms with Gasteiger partial charge in [0.05, 0.1) is 18.0 Å². The molecule has 1 spiro atoms. The smallest absolute Gasteiger partial charge is 0.429 e. The van der Waals surface area contributed by atoms with Gasteiger partial charge in [-0.1, -0.05) is 42.5 Å². The molecule has 2 aliphatic rings. The highest BCUT2D eigenvalue weighted by Crippen LogP contribution is 2.45. The van der Waals surface area contributed by atoms with E-state index in [-0.39, 0.29) is 42.8 Å². The molecule has 0 saturated carbocycles. The molecule has 2 aliphatic heterocycles. The topological polar surface area (TPSA) is 141 Å². The third kappa shape index (κ3) is 8.86. The van der Waals surface area contributed by atoms with Gasteiger partial charge < -0.3 is 29.7 Å². The number of aromatic nitrogens is 4. The molecule has 0 radical (unpaired) electrons. The van der Waals surface area contributed by atoms with Crippen molar-refractivity contribution in [1.82, 2.24) is 29.5 Å². The number of carbonyl (C=O) groups is 2. The maximum Gasteiger partial charge on any atom is 0.429 e. The van der Waals surface area contributed by atoms with Gasteiger partial charge in [0.15, 0.2) is 0 Å². The van der Waals surface area contributed by atoms with Gasteiger partial charge in [0.25, 0.3) is 0 Å². The van der Waals surface area contributed by atoms with E-state index >= 15 is 0 Å². The number of carbonyl (C=O) groups excluding carboxylic acids is 2. The van der Waals surface area contributed by atoms with Gasteiger partial charge in [-0.25, -0.2) is 14.3 Å². The number of likely N-dealkylation sites (tertiary alicyclic amines) is 1. The fourth-order valence-electron chi connectivity index (χ4n) is 7.17. The summed E-state index contributed by atoms with van der Waals surface area (Å²) in [6.45, 7) is 5.35. The Bertz CT molecular complexity index is 1930. The molecular weight excluding hydrogens is 705 g/mol. The fourth-order valence-corrected chi connectivity index (χ4v) is 7.17. The van der Waals surface area contributed by atoms with Crippen molar-refractivity contribution in [2.45, 2.75) is 64.6 Å². The summed E-state index contributed by atoms with van der Waals surface area (Å²) in [5, 5.41) is 4.39. The number of anilines is 2. The summed E-state index contributed by atoms with van der Waals surface area (Å²) >= 11 is 0. The van der Waals surface area contributed by atoms with Gasteiger partial charge in [-0.3, -0.25) is 4.90 Å². The Hall–Kier alpha value is -5.38. The Balaban J connectivity index is 1.20. The van der Waals surface area contributed by atoms with Crippen LogP contribution in [0.25, 0.3) is 5.69 Å². The van der Waals surface area contributed by atoms with Gasteiger partial charge >= 0.3 is 18.2 Å². The molecule has 2 fully saturated rings. The highest BCUT2D eigenvalue weighted by Gasteiger charge is 2.51. The molecule has 6 rings (SSSR count). The molecule has 4 aromatic rings. The molecular formula is C38H45F3N8O5. The second-order valence-corrected chi connectivity index (χ2v) is 14.1. The highest BCUT2D eigenvalue weighted by molar-refractivity contribution is 5.82. The Morgan fingerprint density at radius 2 is 1.76 bits per heavy atom. The summed E-state index contributed by atoms with van der Waals surface area (Å²) in [4.78, 5) is 40.0. The predicted molar refractivity (Wildman–Crippen MR) is 194 cm³/mol. The number of alkyl halides is 3. The predicted octanol–water partition coefficient (Wildman–Crippen LogP) is 5.86. The van der Waals surface area contributed by atoms with Crippen LogP contribution in [0.2, 0.25) is 0 Å². The van der Waals surface area contributed by atoms with Gasteiger partial charge in [-0.2, -0.15) is 28.2 Å². The van der Waals surface area contributed by atoms with E-state index < -0.39 is 35.8 Å². The summed E-state index contributed by atoms with van der Waals surface area (Å²) in [6, 6.07) is 16.2. The second kappa shape index (κ2) is 15.9. The number of amides is 1. The van der Waals surface area contributed by atoms with Crippen LogP contribution in [0, 0.1) is 12.3 Å². The Labute approximate surface area is 311 Å². The molecule has 2 aromatic carbocycles. The lowest BCUT2D eigenvalue weighted by Crippen LogP contribution is -2.43. The number of benzene rings is 2. The number of esters is 1. The normalized spacial score (nSPS) is 17.5. The van der Waals surface area contributed by atoms with Crippen molar-refractivity contribution in [2.24, 2.45) is 5.41 Å². The number of ether oxygens (including phenoxy) is 3. The van der Waals surface area contributed by atoms with Crippen LogP contribution in [-0.2, 0) is 27.4 Å². The summed E-state index contributed by atoms with van der Waals surface area (Å²) in [7, 11) is 3.75. The number of piperidine rings is 1. The van der Waals surface area contributed by atoms with Crippen molar-refractivity contribution in [3.63, 3.8) is 0 Å². The molecule has 1 amide bonds. The van der Waals surface area contributed by atoms with Crippen LogP contribution in [0.4, 0.5) is 29.7 Å². The van der Waals surface area contributed by atoms with Crippen LogP contribution in [0.3, 0.4) is 0 Å². The van der Waals surface area contributed by atoms with Gasteiger partial charge in [0.2, 0.25) is 17.9 Å². The molecule has 2 atom stereocenters. The summed E-state index contributed by atoms with van der Waals surface area (Å²) in [5.74, 6) is -0.771. The minimum absolute atomic E-state index is 0.0627. The third-order valence-electron chi connectivity index (χ3n) is 9.74.